The van der Waals surface area contributed by atoms with Crippen molar-refractivity contribution in [1.29, 1.82) is 0 Å². The van der Waals surface area contributed by atoms with Crippen LogP contribution >= 0.6 is 0 Å². The molecule has 0 heterocycles. The highest BCUT2D eigenvalue weighted by Crippen LogP contribution is 2.17. The number of carbonyl (C=O) groups is 1. The van der Waals surface area contributed by atoms with E-state index in [1.807, 2.05) is 24.3 Å². The van der Waals surface area contributed by atoms with Crippen LogP contribution in [0.4, 0.5) is 0 Å². The van der Waals surface area contributed by atoms with Crippen LogP contribution in [0, 0.1) is 6.42 Å². The highest BCUT2D eigenvalue weighted by atomic mass is 16.5. The maximum atomic E-state index is 10.1. The molecule has 1 radical (unpaired) electrons. The molecule has 0 saturated carbocycles. The van der Waals surface area contributed by atoms with Gasteiger partial charge in [0.2, 0.25) is 0 Å². The molecule has 0 aromatic heterocycles. The summed E-state index contributed by atoms with van der Waals surface area (Å²) in [6, 6.07) is 7.66. The second kappa shape index (κ2) is 4.54. The topological polar surface area (TPSA) is 26.3 Å². The Hall–Kier alpha value is -1.31. The molecule has 1 aromatic rings. The first-order valence-electron chi connectivity index (χ1n) is 3.77. The Bertz CT molecular complexity index is 256. The number of aldehydes is 1. The molecule has 0 spiro atoms. The zero-order chi connectivity index (χ0) is 8.81. The predicted molar refractivity (Wildman–Crippen MR) is 47.1 cm³/mol. The van der Waals surface area contributed by atoms with Crippen molar-refractivity contribution in [1.82, 2.24) is 0 Å². The van der Waals surface area contributed by atoms with E-state index in [2.05, 4.69) is 0 Å². The van der Waals surface area contributed by atoms with Gasteiger partial charge in [-0.2, -0.15) is 0 Å². The summed E-state index contributed by atoms with van der Waals surface area (Å²) >= 11 is 0. The molecule has 0 aliphatic rings. The molecule has 0 saturated heterocycles. The van der Waals surface area contributed by atoms with Crippen LogP contribution in [0.2, 0.25) is 0 Å². The summed E-state index contributed by atoms with van der Waals surface area (Å²) in [5.74, 6) is 0.829. The van der Waals surface area contributed by atoms with Crippen LogP contribution in [0.25, 0.3) is 0 Å². The molecule has 1 rings (SSSR count). The monoisotopic (exact) mass is 163 g/mol. The zero-order valence-corrected chi connectivity index (χ0v) is 6.99. The summed E-state index contributed by atoms with van der Waals surface area (Å²) in [4.78, 5) is 10.1. The third-order valence-corrected chi connectivity index (χ3v) is 1.63. The Labute approximate surface area is 72.2 Å². The Morgan fingerprint density at radius 1 is 1.42 bits per heavy atom. The zero-order valence-electron chi connectivity index (χ0n) is 6.99. The summed E-state index contributed by atoms with van der Waals surface area (Å²) in [5.41, 5.74) is 1.03. The van der Waals surface area contributed by atoms with Gasteiger partial charge < -0.3 is 9.53 Å². The van der Waals surface area contributed by atoms with Gasteiger partial charge in [-0.15, -0.1) is 0 Å². The van der Waals surface area contributed by atoms with Gasteiger partial charge >= 0.3 is 0 Å². The van der Waals surface area contributed by atoms with Crippen molar-refractivity contribution in [2.75, 3.05) is 7.11 Å². The van der Waals surface area contributed by atoms with Gasteiger partial charge in [-0.3, -0.25) is 0 Å². The first-order chi connectivity index (χ1) is 5.88. The first-order valence-corrected chi connectivity index (χ1v) is 3.77. The van der Waals surface area contributed by atoms with Crippen LogP contribution in [0.1, 0.15) is 5.56 Å². The number of benzene rings is 1. The van der Waals surface area contributed by atoms with Gasteiger partial charge in [0.15, 0.2) is 0 Å². The van der Waals surface area contributed by atoms with Crippen LogP contribution < -0.4 is 4.74 Å². The van der Waals surface area contributed by atoms with Crippen LogP contribution in [0.15, 0.2) is 24.3 Å². The molecule has 63 valence electrons. The van der Waals surface area contributed by atoms with Crippen molar-refractivity contribution in [3.05, 3.63) is 36.2 Å². The Morgan fingerprint density at radius 2 is 2.17 bits per heavy atom. The summed E-state index contributed by atoms with van der Waals surface area (Å²) < 4.78 is 5.11. The standard InChI is InChI=1S/C10H11O2/c1-12-10-7-3-2-5-9(10)6-4-8-11/h2-5,7-8H,6H2,1H3. The molecule has 0 aliphatic carbocycles. The maximum Gasteiger partial charge on any atom is 0.124 e. The van der Waals surface area contributed by atoms with Crippen LogP contribution in [-0.4, -0.2) is 13.4 Å². The fourth-order valence-corrected chi connectivity index (χ4v) is 1.05. The number of rotatable bonds is 4. The number of hydrogen-bond acceptors (Lipinski definition) is 2. The van der Waals surface area contributed by atoms with Gasteiger partial charge in [0, 0.05) is 6.42 Å². The second-order valence-electron chi connectivity index (χ2n) is 2.39. The van der Waals surface area contributed by atoms with Gasteiger partial charge in [0.25, 0.3) is 0 Å². The number of carbonyl (C=O) groups excluding carboxylic acids is 1. The lowest BCUT2D eigenvalue weighted by Gasteiger charge is -2.05. The van der Waals surface area contributed by atoms with Crippen molar-refractivity contribution >= 4 is 6.29 Å². The number of para-hydroxylation sites is 1. The molecule has 12 heavy (non-hydrogen) atoms. The molecule has 0 amide bonds. The molecule has 0 unspecified atom stereocenters. The van der Waals surface area contributed by atoms with E-state index in [0.717, 1.165) is 17.6 Å². The lowest BCUT2D eigenvalue weighted by Crippen LogP contribution is -1.92. The first kappa shape index (κ1) is 8.78. The number of ether oxygens (including phenoxy) is 1. The molecule has 1 aromatic carbocycles. The fraction of sp³-hybridized carbons (Fsp3) is 0.200. The van der Waals surface area contributed by atoms with Crippen LogP contribution in [0.5, 0.6) is 5.75 Å². The van der Waals surface area contributed by atoms with Gasteiger partial charge in [-0.1, -0.05) is 18.2 Å². The van der Waals surface area contributed by atoms with Crippen molar-refractivity contribution in [3.8, 4) is 5.75 Å². The van der Waals surface area contributed by atoms with Gasteiger partial charge in [0.1, 0.15) is 12.0 Å². The lowest BCUT2D eigenvalue weighted by molar-refractivity contribution is -0.105. The predicted octanol–water partition coefficient (Wildman–Crippen LogP) is 1.64. The van der Waals surface area contributed by atoms with E-state index in [4.69, 9.17) is 4.74 Å². The number of hydrogen-bond donors (Lipinski definition) is 0. The number of methoxy groups -OCH3 is 1. The highest BCUT2D eigenvalue weighted by molar-refractivity contribution is 5.62. The van der Waals surface area contributed by atoms with Gasteiger partial charge in [-0.25, -0.2) is 0 Å². The summed E-state index contributed by atoms with van der Waals surface area (Å²) in [7, 11) is 1.62. The van der Waals surface area contributed by atoms with E-state index in [-0.39, 0.29) is 0 Å². The summed E-state index contributed by atoms with van der Waals surface area (Å²) in [5, 5.41) is 0. The van der Waals surface area contributed by atoms with E-state index in [9.17, 15) is 4.79 Å². The lowest BCUT2D eigenvalue weighted by atomic mass is 10.1. The SMILES string of the molecule is COc1ccccc1C[CH]C=O. The van der Waals surface area contributed by atoms with Crippen LogP contribution in [-0.2, 0) is 11.2 Å². The van der Waals surface area contributed by atoms with E-state index < -0.39 is 0 Å². The fourth-order valence-electron chi connectivity index (χ4n) is 1.05. The minimum absolute atomic E-state index is 0.632. The molecule has 2 nitrogen and oxygen atoms in total. The van der Waals surface area contributed by atoms with Crippen LogP contribution in [0.3, 0.4) is 0 Å². The third kappa shape index (κ3) is 2.09. The molecule has 0 atom stereocenters. The van der Waals surface area contributed by atoms with Crippen molar-refractivity contribution in [2.45, 2.75) is 6.42 Å². The second-order valence-corrected chi connectivity index (χ2v) is 2.39. The molecule has 0 aliphatic heterocycles. The molecule has 2 heteroatoms. The Morgan fingerprint density at radius 3 is 2.83 bits per heavy atom. The van der Waals surface area contributed by atoms with E-state index in [0.29, 0.717) is 6.42 Å². The normalized spacial score (nSPS) is 9.42. The average Bonchev–Trinajstić information content (AvgIpc) is 2.15. The summed E-state index contributed by atoms with van der Waals surface area (Å²) in [6.07, 6.45) is 3.00. The minimum Gasteiger partial charge on any atom is -0.496 e. The van der Waals surface area contributed by atoms with Gasteiger partial charge in [-0.05, 0) is 18.1 Å². The average molecular weight is 163 g/mol. The van der Waals surface area contributed by atoms with Crippen molar-refractivity contribution in [3.63, 3.8) is 0 Å². The summed E-state index contributed by atoms with van der Waals surface area (Å²) in [6.45, 7) is 0. The van der Waals surface area contributed by atoms with E-state index in [1.165, 1.54) is 0 Å². The highest BCUT2D eigenvalue weighted by Gasteiger charge is 1.99. The third-order valence-electron chi connectivity index (χ3n) is 1.63. The van der Waals surface area contributed by atoms with Crippen molar-refractivity contribution < 1.29 is 9.53 Å². The molecule has 0 fully saturated rings. The molecular weight excluding hydrogens is 152 g/mol. The largest absolute Gasteiger partial charge is 0.496 e. The molecule has 0 N–H and O–H groups in total. The Kier molecular flexibility index (Phi) is 3.33. The molecular formula is C10H11O2. The minimum atomic E-state index is 0.632. The Balaban J connectivity index is 2.74. The maximum absolute atomic E-state index is 10.1. The van der Waals surface area contributed by atoms with Crippen molar-refractivity contribution in [2.24, 2.45) is 0 Å². The van der Waals surface area contributed by atoms with Gasteiger partial charge in [0.05, 0.1) is 7.11 Å². The quantitative estimate of drug-likeness (QED) is 0.631. The van der Waals surface area contributed by atoms with E-state index in [1.54, 1.807) is 13.5 Å². The molecule has 0 bridgehead atoms. The smallest absolute Gasteiger partial charge is 0.124 e. The van der Waals surface area contributed by atoms with E-state index >= 15 is 0 Å².